The molecule has 3 nitrogen and oxygen atoms in total. The van der Waals surface area contributed by atoms with Crippen molar-refractivity contribution in [1.82, 2.24) is 0 Å². The minimum absolute atomic E-state index is 0.0348. The molecule has 0 aliphatic heterocycles. The Balaban J connectivity index is 2.45. The van der Waals surface area contributed by atoms with Gasteiger partial charge < -0.3 is 4.74 Å². The molecule has 3 atom stereocenters. The van der Waals surface area contributed by atoms with Crippen LogP contribution in [0.1, 0.15) is 41.5 Å². The Kier molecular flexibility index (Phi) is 4.79. The summed E-state index contributed by atoms with van der Waals surface area (Å²) in [7, 11) is 0. The average Bonchev–Trinajstić information content (AvgIpc) is 2.68. The molecule has 0 aromatic rings. The quantitative estimate of drug-likeness (QED) is 0.580. The van der Waals surface area contributed by atoms with Crippen LogP contribution in [0.2, 0.25) is 0 Å². The summed E-state index contributed by atoms with van der Waals surface area (Å²) in [6.45, 7) is 11.6. The van der Waals surface area contributed by atoms with Crippen LogP contribution in [-0.4, -0.2) is 17.9 Å². The zero-order chi connectivity index (χ0) is 17.4. The van der Waals surface area contributed by atoms with Gasteiger partial charge in [0.2, 0.25) is 0 Å². The van der Waals surface area contributed by atoms with Crippen molar-refractivity contribution in [2.75, 3.05) is 0 Å². The molecule has 0 fully saturated rings. The van der Waals surface area contributed by atoms with Crippen molar-refractivity contribution in [3.8, 4) is 0 Å². The van der Waals surface area contributed by atoms with Gasteiger partial charge in [0.05, 0.1) is 5.41 Å². The summed E-state index contributed by atoms with van der Waals surface area (Å²) >= 11 is 0. The van der Waals surface area contributed by atoms with Crippen molar-refractivity contribution in [3.63, 3.8) is 0 Å². The average molecular weight is 314 g/mol. The summed E-state index contributed by atoms with van der Waals surface area (Å²) in [6, 6.07) is 0. The lowest BCUT2D eigenvalue weighted by Crippen LogP contribution is -2.43. The van der Waals surface area contributed by atoms with E-state index in [0.29, 0.717) is 5.57 Å². The van der Waals surface area contributed by atoms with Crippen LogP contribution in [0.25, 0.3) is 0 Å². The zero-order valence-corrected chi connectivity index (χ0v) is 14.8. The first-order chi connectivity index (χ1) is 10.7. The molecule has 23 heavy (non-hydrogen) atoms. The topological polar surface area (TPSA) is 43.4 Å². The van der Waals surface area contributed by atoms with Gasteiger partial charge in [-0.25, -0.2) is 4.79 Å². The molecular weight excluding hydrogens is 288 g/mol. The van der Waals surface area contributed by atoms with Gasteiger partial charge in [-0.2, -0.15) is 0 Å². The largest absolute Gasteiger partial charge is 0.454 e. The molecule has 0 saturated carbocycles. The lowest BCUT2D eigenvalue weighted by Gasteiger charge is -2.35. The van der Waals surface area contributed by atoms with Crippen LogP contribution in [0.15, 0.2) is 47.1 Å². The highest BCUT2D eigenvalue weighted by atomic mass is 16.5. The Labute approximate surface area is 138 Å². The smallest absolute Gasteiger partial charge is 0.334 e. The number of ketones is 1. The van der Waals surface area contributed by atoms with Gasteiger partial charge >= 0.3 is 5.97 Å². The fourth-order valence-corrected chi connectivity index (χ4v) is 3.25. The van der Waals surface area contributed by atoms with E-state index in [1.807, 2.05) is 26.0 Å². The van der Waals surface area contributed by atoms with Crippen LogP contribution in [0.5, 0.6) is 0 Å². The number of carbonyl (C=O) groups excluding carboxylic acids is 2. The Bertz CT molecular complexity index is 646. The Morgan fingerprint density at radius 1 is 1.39 bits per heavy atom. The van der Waals surface area contributed by atoms with E-state index in [2.05, 4.69) is 19.9 Å². The highest BCUT2D eigenvalue weighted by Gasteiger charge is 2.53. The van der Waals surface area contributed by atoms with Crippen molar-refractivity contribution in [3.05, 3.63) is 47.1 Å². The van der Waals surface area contributed by atoms with Crippen LogP contribution < -0.4 is 0 Å². The summed E-state index contributed by atoms with van der Waals surface area (Å²) < 4.78 is 5.73. The maximum absolute atomic E-state index is 12.8. The number of allylic oxidation sites excluding steroid dienone is 6. The summed E-state index contributed by atoms with van der Waals surface area (Å²) in [4.78, 5) is 25.0. The lowest BCUT2D eigenvalue weighted by molar-refractivity contribution is -0.151. The van der Waals surface area contributed by atoms with E-state index < -0.39 is 11.5 Å². The van der Waals surface area contributed by atoms with E-state index in [9.17, 15) is 9.59 Å². The van der Waals surface area contributed by atoms with Gasteiger partial charge in [0, 0.05) is 11.5 Å². The fraction of sp³-hybridized carbons (Fsp3) is 0.500. The predicted octanol–water partition coefficient (Wildman–Crippen LogP) is 4.17. The molecule has 0 aromatic heterocycles. The molecule has 2 aliphatic rings. The van der Waals surface area contributed by atoms with Gasteiger partial charge in [-0.3, -0.25) is 4.79 Å². The first kappa shape index (κ1) is 17.5. The van der Waals surface area contributed by atoms with E-state index in [0.717, 1.165) is 11.1 Å². The molecule has 0 heterocycles. The van der Waals surface area contributed by atoms with E-state index in [4.69, 9.17) is 4.74 Å². The van der Waals surface area contributed by atoms with Gasteiger partial charge in [0.15, 0.2) is 5.78 Å². The fourth-order valence-electron chi connectivity index (χ4n) is 3.25. The highest BCUT2D eigenvalue weighted by molar-refractivity contribution is 6.00. The maximum Gasteiger partial charge on any atom is 0.334 e. The number of ether oxygens (including phenoxy) is 1. The molecule has 0 bridgehead atoms. The van der Waals surface area contributed by atoms with Crippen molar-refractivity contribution in [2.24, 2.45) is 17.3 Å². The monoisotopic (exact) mass is 314 g/mol. The SMILES string of the molecule is C/C=C(/C)C(=O)O[C@@H]1C=C(C)C=C[C@H]2C(C(C)C)=CC(=O)[C@]12C. The number of rotatable bonds is 3. The second-order valence-corrected chi connectivity index (χ2v) is 6.99. The van der Waals surface area contributed by atoms with Gasteiger partial charge in [-0.05, 0) is 45.8 Å². The number of carbonyl (C=O) groups is 2. The van der Waals surface area contributed by atoms with Crippen molar-refractivity contribution in [1.29, 1.82) is 0 Å². The second kappa shape index (κ2) is 6.31. The molecule has 0 unspecified atom stereocenters. The van der Waals surface area contributed by atoms with E-state index in [1.54, 1.807) is 26.0 Å². The van der Waals surface area contributed by atoms with E-state index in [1.165, 1.54) is 0 Å². The number of hydrogen-bond acceptors (Lipinski definition) is 3. The normalized spacial score (nSPS) is 30.7. The second-order valence-electron chi connectivity index (χ2n) is 6.99. The van der Waals surface area contributed by atoms with Gasteiger partial charge in [0.1, 0.15) is 6.10 Å². The highest BCUT2D eigenvalue weighted by Crippen LogP contribution is 2.49. The molecule has 3 heteroatoms. The van der Waals surface area contributed by atoms with Crippen molar-refractivity contribution >= 4 is 11.8 Å². The predicted molar refractivity (Wildman–Crippen MR) is 91.7 cm³/mol. The minimum Gasteiger partial charge on any atom is -0.454 e. The Morgan fingerprint density at radius 3 is 2.61 bits per heavy atom. The third-order valence-corrected chi connectivity index (χ3v) is 5.05. The molecule has 0 radical (unpaired) electrons. The Morgan fingerprint density at radius 2 is 2.04 bits per heavy atom. The third kappa shape index (κ3) is 2.97. The van der Waals surface area contributed by atoms with Gasteiger partial charge in [-0.1, -0.05) is 43.2 Å². The summed E-state index contributed by atoms with van der Waals surface area (Å²) in [5.74, 6) is -0.0816. The van der Waals surface area contributed by atoms with E-state index >= 15 is 0 Å². The van der Waals surface area contributed by atoms with Gasteiger partial charge in [-0.15, -0.1) is 0 Å². The zero-order valence-electron chi connectivity index (χ0n) is 14.8. The number of fused-ring (bicyclic) bond motifs is 1. The molecule has 0 aromatic carbocycles. The van der Waals surface area contributed by atoms with E-state index in [-0.39, 0.29) is 23.6 Å². The summed E-state index contributed by atoms with van der Waals surface area (Å²) in [6.07, 6.45) is 8.91. The third-order valence-electron chi connectivity index (χ3n) is 5.05. The number of hydrogen-bond donors (Lipinski definition) is 0. The molecule has 2 rings (SSSR count). The summed E-state index contributed by atoms with van der Waals surface area (Å²) in [5, 5.41) is 0. The van der Waals surface area contributed by atoms with Crippen LogP contribution in [0, 0.1) is 17.3 Å². The molecule has 0 amide bonds. The first-order valence-electron chi connectivity index (χ1n) is 8.18. The molecule has 0 spiro atoms. The van der Waals surface area contributed by atoms with Crippen LogP contribution in [0.4, 0.5) is 0 Å². The van der Waals surface area contributed by atoms with Crippen LogP contribution in [0.3, 0.4) is 0 Å². The summed E-state index contributed by atoms with van der Waals surface area (Å²) in [5.41, 5.74) is 1.90. The molecule has 124 valence electrons. The Hall–Kier alpha value is -1.90. The molecular formula is C20H26O3. The molecule has 0 N–H and O–H groups in total. The van der Waals surface area contributed by atoms with Crippen molar-refractivity contribution in [2.45, 2.75) is 47.6 Å². The molecule has 0 saturated heterocycles. The standard InChI is InChI=1S/C20H26O3/c1-7-14(5)19(22)23-18-10-13(4)8-9-16-15(12(2)3)11-17(21)20(16,18)6/h7-12,16,18H,1-6H3/b14-7-/t16-,18+,20+/m0/s1. The van der Waals surface area contributed by atoms with Crippen molar-refractivity contribution < 1.29 is 14.3 Å². The number of esters is 1. The van der Waals surface area contributed by atoms with Gasteiger partial charge in [0.25, 0.3) is 0 Å². The maximum atomic E-state index is 12.8. The minimum atomic E-state index is -0.766. The lowest BCUT2D eigenvalue weighted by atomic mass is 9.71. The molecule has 2 aliphatic carbocycles. The van der Waals surface area contributed by atoms with Crippen LogP contribution >= 0.6 is 0 Å². The van der Waals surface area contributed by atoms with Crippen LogP contribution in [-0.2, 0) is 14.3 Å². The first-order valence-corrected chi connectivity index (χ1v) is 8.18.